The van der Waals surface area contributed by atoms with Crippen LogP contribution < -0.4 is 5.73 Å². The largest absolute Gasteiger partial charge is 0.326 e. The molecule has 2 atom stereocenters. The summed E-state index contributed by atoms with van der Waals surface area (Å²) in [5.41, 5.74) is 6.09. The van der Waals surface area contributed by atoms with Crippen molar-refractivity contribution in [2.45, 2.75) is 31.8 Å². The van der Waals surface area contributed by atoms with Gasteiger partial charge in [-0.2, -0.15) is 0 Å². The fourth-order valence-electron chi connectivity index (χ4n) is 2.16. The molecule has 0 amide bonds. The van der Waals surface area contributed by atoms with E-state index in [9.17, 15) is 0 Å². The Balaban J connectivity index is 2.04. The van der Waals surface area contributed by atoms with E-state index in [2.05, 4.69) is 36.4 Å². The van der Waals surface area contributed by atoms with Crippen molar-refractivity contribution >= 4 is 11.3 Å². The highest BCUT2D eigenvalue weighted by atomic mass is 32.1. The number of hydrogen-bond acceptors (Lipinski definition) is 3. The van der Waals surface area contributed by atoms with Crippen molar-refractivity contribution < 1.29 is 0 Å². The molecule has 15 heavy (non-hydrogen) atoms. The molecule has 0 aromatic carbocycles. The highest BCUT2D eigenvalue weighted by molar-refractivity contribution is 7.10. The van der Waals surface area contributed by atoms with Gasteiger partial charge in [0.2, 0.25) is 0 Å². The highest BCUT2D eigenvalue weighted by Gasteiger charge is 2.28. The van der Waals surface area contributed by atoms with E-state index in [1.807, 2.05) is 11.3 Å². The lowest BCUT2D eigenvalue weighted by atomic mass is 10.1. The summed E-state index contributed by atoms with van der Waals surface area (Å²) in [6.45, 7) is 3.30. The van der Waals surface area contributed by atoms with Crippen LogP contribution in [0.1, 0.15) is 30.7 Å². The predicted molar refractivity (Wildman–Crippen MR) is 66.1 cm³/mol. The van der Waals surface area contributed by atoms with Crippen LogP contribution in [0.4, 0.5) is 0 Å². The quantitative estimate of drug-likeness (QED) is 0.832. The van der Waals surface area contributed by atoms with Crippen molar-refractivity contribution in [3.8, 4) is 0 Å². The lowest BCUT2D eigenvalue weighted by Crippen LogP contribution is -2.37. The van der Waals surface area contributed by atoms with E-state index in [0.717, 1.165) is 5.92 Å². The molecule has 0 aliphatic heterocycles. The molecule has 3 heteroatoms. The van der Waals surface area contributed by atoms with Gasteiger partial charge in [0.15, 0.2) is 0 Å². The van der Waals surface area contributed by atoms with Gasteiger partial charge in [-0.3, -0.25) is 4.90 Å². The standard InChI is InChI=1S/C12H20N2S/c1-9(13)12(11-4-3-7-15-11)14(2)8-10-5-6-10/h3-4,7,9-10,12H,5-6,8,13H2,1-2H3. The summed E-state index contributed by atoms with van der Waals surface area (Å²) in [4.78, 5) is 3.82. The van der Waals surface area contributed by atoms with Crippen LogP contribution in [0.25, 0.3) is 0 Å². The molecule has 0 saturated heterocycles. The smallest absolute Gasteiger partial charge is 0.0588 e. The summed E-state index contributed by atoms with van der Waals surface area (Å²) in [5, 5.41) is 2.13. The molecule has 0 spiro atoms. The second-order valence-electron chi connectivity index (χ2n) is 4.70. The van der Waals surface area contributed by atoms with Gasteiger partial charge < -0.3 is 5.73 Å². The van der Waals surface area contributed by atoms with Gasteiger partial charge in [-0.05, 0) is 44.2 Å². The van der Waals surface area contributed by atoms with Gasteiger partial charge in [0.25, 0.3) is 0 Å². The average molecular weight is 224 g/mol. The van der Waals surface area contributed by atoms with Crippen LogP contribution in [-0.2, 0) is 0 Å². The number of rotatable bonds is 5. The van der Waals surface area contributed by atoms with Crippen LogP contribution in [-0.4, -0.2) is 24.5 Å². The molecule has 1 aliphatic rings. The molecule has 1 aromatic heterocycles. The van der Waals surface area contributed by atoms with Crippen LogP contribution in [0.5, 0.6) is 0 Å². The molecule has 0 bridgehead atoms. The van der Waals surface area contributed by atoms with Crippen molar-refractivity contribution in [2.24, 2.45) is 11.7 Å². The Kier molecular flexibility index (Phi) is 3.44. The van der Waals surface area contributed by atoms with Crippen LogP contribution in [0.3, 0.4) is 0 Å². The summed E-state index contributed by atoms with van der Waals surface area (Å²) >= 11 is 1.81. The van der Waals surface area contributed by atoms with E-state index in [0.29, 0.717) is 6.04 Å². The van der Waals surface area contributed by atoms with Gasteiger partial charge in [-0.1, -0.05) is 6.07 Å². The molecule has 2 rings (SSSR count). The topological polar surface area (TPSA) is 29.3 Å². The summed E-state index contributed by atoms with van der Waals surface area (Å²) in [6, 6.07) is 4.90. The number of hydrogen-bond donors (Lipinski definition) is 1. The van der Waals surface area contributed by atoms with Crippen LogP contribution >= 0.6 is 11.3 Å². The van der Waals surface area contributed by atoms with Gasteiger partial charge in [0.1, 0.15) is 0 Å². The van der Waals surface area contributed by atoms with E-state index >= 15 is 0 Å². The molecule has 0 radical (unpaired) electrons. The molecular weight excluding hydrogens is 204 g/mol. The summed E-state index contributed by atoms with van der Waals surface area (Å²) in [6.07, 6.45) is 2.81. The van der Waals surface area contributed by atoms with Crippen molar-refractivity contribution in [1.29, 1.82) is 0 Å². The molecular formula is C12H20N2S. The fraction of sp³-hybridized carbons (Fsp3) is 0.667. The number of nitrogens with zero attached hydrogens (tertiary/aromatic N) is 1. The summed E-state index contributed by atoms with van der Waals surface area (Å²) in [5.74, 6) is 0.927. The SMILES string of the molecule is CC(N)C(c1cccs1)N(C)CC1CC1. The Morgan fingerprint density at radius 1 is 1.60 bits per heavy atom. The van der Waals surface area contributed by atoms with E-state index < -0.39 is 0 Å². The van der Waals surface area contributed by atoms with Crippen molar-refractivity contribution in [3.63, 3.8) is 0 Å². The van der Waals surface area contributed by atoms with Crippen molar-refractivity contribution in [2.75, 3.05) is 13.6 Å². The monoisotopic (exact) mass is 224 g/mol. The zero-order chi connectivity index (χ0) is 10.8. The Morgan fingerprint density at radius 2 is 2.33 bits per heavy atom. The number of nitrogens with two attached hydrogens (primary N) is 1. The third-order valence-electron chi connectivity index (χ3n) is 3.05. The maximum absolute atomic E-state index is 6.09. The summed E-state index contributed by atoms with van der Waals surface area (Å²) < 4.78 is 0. The molecule has 1 aliphatic carbocycles. The third-order valence-corrected chi connectivity index (χ3v) is 3.99. The highest BCUT2D eigenvalue weighted by Crippen LogP contribution is 2.33. The Hall–Kier alpha value is -0.380. The molecule has 1 aromatic rings. The summed E-state index contributed by atoms with van der Waals surface area (Å²) in [7, 11) is 2.20. The van der Waals surface area contributed by atoms with Gasteiger partial charge in [-0.15, -0.1) is 11.3 Å². The van der Waals surface area contributed by atoms with Gasteiger partial charge in [0, 0.05) is 17.5 Å². The molecule has 84 valence electrons. The first-order valence-corrected chi connectivity index (χ1v) is 6.55. The minimum absolute atomic E-state index is 0.201. The Labute approximate surface area is 96.1 Å². The molecule has 1 fully saturated rings. The number of thiophene rings is 1. The predicted octanol–water partition coefficient (Wildman–Crippen LogP) is 2.48. The number of likely N-dealkylation sites (N-methyl/N-ethyl adjacent to an activating group) is 1. The molecule has 1 saturated carbocycles. The first kappa shape index (κ1) is 11.1. The minimum atomic E-state index is 0.201. The fourth-order valence-corrected chi connectivity index (χ4v) is 3.16. The maximum atomic E-state index is 6.09. The molecule has 2 unspecified atom stereocenters. The van der Waals surface area contributed by atoms with Gasteiger partial charge in [0.05, 0.1) is 6.04 Å². The van der Waals surface area contributed by atoms with E-state index in [4.69, 9.17) is 5.73 Å². The van der Waals surface area contributed by atoms with E-state index in [1.54, 1.807) is 0 Å². The second-order valence-corrected chi connectivity index (χ2v) is 5.68. The normalized spacial score (nSPS) is 20.5. The van der Waals surface area contributed by atoms with Crippen LogP contribution in [0, 0.1) is 5.92 Å². The Bertz CT molecular complexity index is 291. The molecule has 2 N–H and O–H groups in total. The first-order valence-electron chi connectivity index (χ1n) is 5.67. The third kappa shape index (κ3) is 2.80. The van der Waals surface area contributed by atoms with E-state index in [1.165, 1.54) is 24.3 Å². The zero-order valence-corrected chi connectivity index (χ0v) is 10.3. The average Bonchev–Trinajstić information content (AvgIpc) is 2.81. The van der Waals surface area contributed by atoms with Crippen LogP contribution in [0.2, 0.25) is 0 Å². The first-order chi connectivity index (χ1) is 7.18. The molecule has 1 heterocycles. The van der Waals surface area contributed by atoms with Crippen molar-refractivity contribution in [1.82, 2.24) is 4.90 Å². The lowest BCUT2D eigenvalue weighted by molar-refractivity contribution is 0.214. The maximum Gasteiger partial charge on any atom is 0.0588 e. The van der Waals surface area contributed by atoms with Gasteiger partial charge in [-0.25, -0.2) is 0 Å². The van der Waals surface area contributed by atoms with Crippen LogP contribution in [0.15, 0.2) is 17.5 Å². The van der Waals surface area contributed by atoms with Crippen molar-refractivity contribution in [3.05, 3.63) is 22.4 Å². The van der Waals surface area contributed by atoms with Gasteiger partial charge >= 0.3 is 0 Å². The van der Waals surface area contributed by atoms with E-state index in [-0.39, 0.29) is 6.04 Å². The Morgan fingerprint density at radius 3 is 2.80 bits per heavy atom. The zero-order valence-electron chi connectivity index (χ0n) is 9.52. The second kappa shape index (κ2) is 4.64. The lowest BCUT2D eigenvalue weighted by Gasteiger charge is -2.30. The molecule has 2 nitrogen and oxygen atoms in total. The minimum Gasteiger partial charge on any atom is -0.326 e.